The summed E-state index contributed by atoms with van der Waals surface area (Å²) in [5.41, 5.74) is -0.533. The van der Waals surface area contributed by atoms with Crippen LogP contribution in [0, 0.1) is 0 Å². The molecule has 0 bridgehead atoms. The highest BCUT2D eigenvalue weighted by atomic mass is 35.5. The molecule has 1 aromatic rings. The number of pyridine rings is 1. The lowest BCUT2D eigenvalue weighted by Gasteiger charge is -2.06. The van der Waals surface area contributed by atoms with Gasteiger partial charge in [-0.05, 0) is 6.07 Å². The van der Waals surface area contributed by atoms with E-state index in [0.29, 0.717) is 0 Å². The molecule has 0 atom stereocenters. The van der Waals surface area contributed by atoms with Crippen molar-refractivity contribution in [2.24, 2.45) is 0 Å². The second-order valence-corrected chi connectivity index (χ2v) is 3.43. The zero-order chi connectivity index (χ0) is 11.6. The van der Waals surface area contributed by atoms with Gasteiger partial charge in [0.15, 0.2) is 0 Å². The maximum Gasteiger partial charge on any atom is 0.307 e. The fraction of sp³-hybridized carbons (Fsp3) is 0.250. The summed E-state index contributed by atoms with van der Waals surface area (Å²) in [7, 11) is 0. The second kappa shape index (κ2) is 4.72. The highest BCUT2D eigenvalue weighted by Crippen LogP contribution is 2.28. The summed E-state index contributed by atoms with van der Waals surface area (Å²) in [6.07, 6.45) is -3.24. The minimum Gasteiger partial charge on any atom is -0.481 e. The molecule has 0 aliphatic carbocycles. The first kappa shape index (κ1) is 12.1. The van der Waals surface area contributed by atoms with Crippen molar-refractivity contribution in [3.8, 4) is 0 Å². The van der Waals surface area contributed by atoms with Crippen LogP contribution >= 0.6 is 23.2 Å². The molecule has 0 saturated heterocycles. The van der Waals surface area contributed by atoms with Crippen molar-refractivity contribution >= 4 is 29.2 Å². The number of hydrogen-bond donors (Lipinski definition) is 1. The lowest BCUT2D eigenvalue weighted by Crippen LogP contribution is -2.04. The van der Waals surface area contributed by atoms with Crippen LogP contribution in [0.15, 0.2) is 6.07 Å². The van der Waals surface area contributed by atoms with Crippen LogP contribution in [0.5, 0.6) is 0 Å². The van der Waals surface area contributed by atoms with Crippen LogP contribution in [0.4, 0.5) is 8.78 Å². The van der Waals surface area contributed by atoms with E-state index in [1.54, 1.807) is 0 Å². The Morgan fingerprint density at radius 1 is 1.53 bits per heavy atom. The molecule has 0 amide bonds. The van der Waals surface area contributed by atoms with Crippen molar-refractivity contribution < 1.29 is 18.7 Å². The number of alkyl halides is 2. The van der Waals surface area contributed by atoms with Crippen molar-refractivity contribution in [1.82, 2.24) is 4.98 Å². The molecule has 3 nitrogen and oxygen atoms in total. The average Bonchev–Trinajstić information content (AvgIpc) is 2.10. The van der Waals surface area contributed by atoms with Gasteiger partial charge in [-0.25, -0.2) is 13.8 Å². The zero-order valence-electron chi connectivity index (χ0n) is 7.18. The largest absolute Gasteiger partial charge is 0.481 e. The minimum atomic E-state index is -2.79. The Morgan fingerprint density at radius 2 is 2.13 bits per heavy atom. The molecule has 0 spiro atoms. The third-order valence-electron chi connectivity index (χ3n) is 1.59. The summed E-state index contributed by atoms with van der Waals surface area (Å²) in [5, 5.41) is 8.08. The Hall–Kier alpha value is -0.940. The Labute approximate surface area is 93.6 Å². The lowest BCUT2D eigenvalue weighted by molar-refractivity contribution is -0.136. The maximum atomic E-state index is 12.2. The van der Waals surface area contributed by atoms with Gasteiger partial charge in [-0.1, -0.05) is 23.2 Å². The van der Waals surface area contributed by atoms with Crippen molar-refractivity contribution in [2.45, 2.75) is 12.8 Å². The summed E-state index contributed by atoms with van der Waals surface area (Å²) in [6.45, 7) is 0. The number of carboxylic acid groups (broad SMARTS) is 1. The molecule has 0 fully saturated rings. The number of aromatic nitrogens is 1. The molecular weight excluding hydrogens is 251 g/mol. The first-order valence-electron chi connectivity index (χ1n) is 3.76. The number of hydrogen-bond acceptors (Lipinski definition) is 2. The van der Waals surface area contributed by atoms with Crippen LogP contribution in [-0.4, -0.2) is 16.1 Å². The molecule has 1 aromatic heterocycles. The summed E-state index contributed by atoms with van der Waals surface area (Å²) in [5.74, 6) is -1.16. The molecule has 1 heterocycles. The Bertz CT molecular complexity index is 375. The number of halogens is 4. The number of rotatable bonds is 3. The monoisotopic (exact) mass is 255 g/mol. The predicted octanol–water partition coefficient (Wildman–Crippen LogP) is 2.95. The van der Waals surface area contributed by atoms with Crippen LogP contribution in [0.25, 0.3) is 0 Å². The van der Waals surface area contributed by atoms with Gasteiger partial charge in [0.1, 0.15) is 10.8 Å². The van der Waals surface area contributed by atoms with E-state index < -0.39 is 24.5 Å². The van der Waals surface area contributed by atoms with E-state index in [1.165, 1.54) is 0 Å². The topological polar surface area (TPSA) is 50.2 Å². The van der Waals surface area contributed by atoms with Gasteiger partial charge in [-0.15, -0.1) is 0 Å². The fourth-order valence-corrected chi connectivity index (χ4v) is 1.53. The van der Waals surface area contributed by atoms with Crippen molar-refractivity contribution in [1.29, 1.82) is 0 Å². The first-order valence-corrected chi connectivity index (χ1v) is 4.52. The van der Waals surface area contributed by atoms with Gasteiger partial charge in [-0.2, -0.15) is 0 Å². The second-order valence-electron chi connectivity index (χ2n) is 2.67. The number of aliphatic carboxylic acids is 1. The first-order chi connectivity index (χ1) is 6.91. The highest BCUT2D eigenvalue weighted by Gasteiger charge is 2.17. The molecule has 82 valence electrons. The molecule has 1 N–H and O–H groups in total. The molecule has 0 saturated carbocycles. The normalized spacial score (nSPS) is 10.7. The molecule has 0 unspecified atom stereocenters. The van der Waals surface area contributed by atoms with E-state index in [2.05, 4.69) is 4.98 Å². The smallest absolute Gasteiger partial charge is 0.307 e. The molecule has 0 aromatic carbocycles. The van der Waals surface area contributed by atoms with E-state index >= 15 is 0 Å². The van der Waals surface area contributed by atoms with Crippen LogP contribution in [-0.2, 0) is 11.2 Å². The van der Waals surface area contributed by atoms with E-state index in [4.69, 9.17) is 28.3 Å². The van der Waals surface area contributed by atoms with Gasteiger partial charge in [0.25, 0.3) is 6.43 Å². The zero-order valence-corrected chi connectivity index (χ0v) is 8.69. The molecular formula is C8H5Cl2F2NO2. The molecule has 1 rings (SSSR count). The van der Waals surface area contributed by atoms with Crippen molar-refractivity contribution in [3.05, 3.63) is 27.5 Å². The number of carbonyl (C=O) groups is 1. The Kier molecular flexibility index (Phi) is 3.82. The Balaban J connectivity index is 3.15. The molecule has 0 aliphatic heterocycles. The number of nitrogens with zero attached hydrogens (tertiary/aromatic N) is 1. The number of carboxylic acids is 1. The molecule has 15 heavy (non-hydrogen) atoms. The summed E-state index contributed by atoms with van der Waals surface area (Å²) in [4.78, 5) is 13.8. The highest BCUT2D eigenvalue weighted by molar-refractivity contribution is 6.35. The van der Waals surface area contributed by atoms with Gasteiger partial charge in [0.05, 0.1) is 6.42 Å². The third-order valence-corrected chi connectivity index (χ3v) is 2.24. The fourth-order valence-electron chi connectivity index (χ4n) is 0.949. The van der Waals surface area contributed by atoms with Crippen molar-refractivity contribution in [3.63, 3.8) is 0 Å². The SMILES string of the molecule is O=C(O)Cc1c(Cl)cc(C(F)F)nc1Cl. The van der Waals surface area contributed by atoms with Crippen molar-refractivity contribution in [2.75, 3.05) is 0 Å². The molecule has 7 heteroatoms. The average molecular weight is 256 g/mol. The standard InChI is InChI=1S/C8H5Cl2F2NO2/c9-4-2-5(8(11)12)13-7(10)3(4)1-6(14)15/h2,8H,1H2,(H,14,15). The molecule has 0 aliphatic rings. The quantitative estimate of drug-likeness (QED) is 0.846. The van der Waals surface area contributed by atoms with Gasteiger partial charge in [-0.3, -0.25) is 4.79 Å². The summed E-state index contributed by atoms with van der Waals surface area (Å²) < 4.78 is 24.5. The van der Waals surface area contributed by atoms with Gasteiger partial charge in [0, 0.05) is 10.6 Å². The predicted molar refractivity (Wildman–Crippen MR) is 50.6 cm³/mol. The third kappa shape index (κ3) is 3.00. The van der Waals surface area contributed by atoms with E-state index in [1.807, 2.05) is 0 Å². The van der Waals surface area contributed by atoms with E-state index in [0.717, 1.165) is 6.07 Å². The summed E-state index contributed by atoms with van der Waals surface area (Å²) >= 11 is 11.1. The lowest BCUT2D eigenvalue weighted by atomic mass is 10.2. The van der Waals surface area contributed by atoms with Crippen LogP contribution in [0.2, 0.25) is 10.2 Å². The van der Waals surface area contributed by atoms with Gasteiger partial charge in [0.2, 0.25) is 0 Å². The maximum absolute atomic E-state index is 12.2. The van der Waals surface area contributed by atoms with Gasteiger partial charge >= 0.3 is 5.97 Å². The summed E-state index contributed by atoms with van der Waals surface area (Å²) in [6, 6.07) is 0.913. The molecule has 0 radical (unpaired) electrons. The van der Waals surface area contributed by atoms with Gasteiger partial charge < -0.3 is 5.11 Å². The van der Waals surface area contributed by atoms with E-state index in [-0.39, 0.29) is 15.7 Å². The van der Waals surface area contributed by atoms with Crippen LogP contribution < -0.4 is 0 Å². The Morgan fingerprint density at radius 3 is 2.53 bits per heavy atom. The van der Waals surface area contributed by atoms with Crippen LogP contribution in [0.1, 0.15) is 17.7 Å². The van der Waals surface area contributed by atoms with Crippen LogP contribution in [0.3, 0.4) is 0 Å². The minimum absolute atomic E-state index is 0.0373. The van der Waals surface area contributed by atoms with E-state index in [9.17, 15) is 13.6 Å².